The van der Waals surface area contributed by atoms with Gasteiger partial charge in [-0.3, -0.25) is 0 Å². The van der Waals surface area contributed by atoms with E-state index in [9.17, 15) is 4.39 Å². The van der Waals surface area contributed by atoms with Crippen LogP contribution in [0, 0.1) is 5.82 Å². The molecule has 0 aliphatic rings. The summed E-state index contributed by atoms with van der Waals surface area (Å²) in [5, 5.41) is 6.98. The van der Waals surface area contributed by atoms with Crippen LogP contribution in [-0.2, 0) is 6.54 Å². The Kier molecular flexibility index (Phi) is 4.08. The van der Waals surface area contributed by atoms with Gasteiger partial charge in [-0.25, -0.2) is 4.39 Å². The summed E-state index contributed by atoms with van der Waals surface area (Å²) in [5.74, 6) is 0.297. The summed E-state index contributed by atoms with van der Waals surface area (Å²) in [6.07, 6.45) is 0. The van der Waals surface area contributed by atoms with E-state index in [-0.39, 0.29) is 5.89 Å². The lowest BCUT2D eigenvalue weighted by molar-refractivity contribution is 0.415. The molecule has 0 aliphatic heterocycles. The summed E-state index contributed by atoms with van der Waals surface area (Å²) in [6, 6.07) is 5.03. The van der Waals surface area contributed by atoms with Crippen LogP contribution in [0.5, 0.6) is 0 Å². The highest BCUT2D eigenvalue weighted by molar-refractivity contribution is 9.10. The molecule has 6 heteroatoms. The van der Waals surface area contributed by atoms with Gasteiger partial charge in [-0.2, -0.15) is 4.98 Å². The van der Waals surface area contributed by atoms with Crippen molar-refractivity contribution in [2.24, 2.45) is 0 Å². The van der Waals surface area contributed by atoms with Crippen molar-refractivity contribution in [1.29, 1.82) is 0 Å². The molecule has 0 aliphatic carbocycles. The molecule has 1 aromatic carbocycles. The Morgan fingerprint density at radius 2 is 2.22 bits per heavy atom. The molecule has 2 rings (SSSR count). The van der Waals surface area contributed by atoms with E-state index in [1.165, 1.54) is 6.07 Å². The third-order valence-electron chi connectivity index (χ3n) is 2.31. The first kappa shape index (κ1) is 13.2. The Bertz CT molecular complexity index is 522. The second kappa shape index (κ2) is 5.58. The number of halogens is 2. The lowest BCUT2D eigenvalue weighted by atomic mass is 10.2. The summed E-state index contributed by atoms with van der Waals surface area (Å²) in [5.41, 5.74) is 0.292. The zero-order chi connectivity index (χ0) is 13.1. The summed E-state index contributed by atoms with van der Waals surface area (Å²) in [6.45, 7) is 4.54. The first-order valence-electron chi connectivity index (χ1n) is 5.58. The van der Waals surface area contributed by atoms with Crippen LogP contribution < -0.4 is 5.32 Å². The zero-order valence-electron chi connectivity index (χ0n) is 10.1. The zero-order valence-corrected chi connectivity index (χ0v) is 11.7. The largest absolute Gasteiger partial charge is 0.334 e. The summed E-state index contributed by atoms with van der Waals surface area (Å²) >= 11 is 3.27. The molecule has 0 radical (unpaired) electrons. The fourth-order valence-corrected chi connectivity index (χ4v) is 1.94. The van der Waals surface area contributed by atoms with Gasteiger partial charge in [-0.15, -0.1) is 0 Å². The molecular weight excluding hydrogens is 301 g/mol. The molecule has 0 spiro atoms. The van der Waals surface area contributed by atoms with Crippen molar-refractivity contribution in [2.45, 2.75) is 26.4 Å². The lowest BCUT2D eigenvalue weighted by Crippen LogP contribution is -2.22. The van der Waals surface area contributed by atoms with E-state index in [1.54, 1.807) is 12.1 Å². The maximum Gasteiger partial charge on any atom is 0.262 e. The molecule has 1 aromatic heterocycles. The quantitative estimate of drug-likeness (QED) is 0.942. The van der Waals surface area contributed by atoms with Crippen molar-refractivity contribution in [1.82, 2.24) is 15.5 Å². The third kappa shape index (κ3) is 2.94. The predicted octanol–water partition coefficient (Wildman–Crippen LogP) is 3.14. The second-order valence-electron chi connectivity index (χ2n) is 4.15. The number of nitrogens with one attached hydrogen (secondary N) is 1. The maximum atomic E-state index is 13.7. The van der Waals surface area contributed by atoms with Gasteiger partial charge < -0.3 is 9.84 Å². The molecule has 96 valence electrons. The van der Waals surface area contributed by atoms with Crippen LogP contribution >= 0.6 is 15.9 Å². The van der Waals surface area contributed by atoms with Crippen LogP contribution in [0.4, 0.5) is 4.39 Å². The predicted molar refractivity (Wildman–Crippen MR) is 69.4 cm³/mol. The van der Waals surface area contributed by atoms with Gasteiger partial charge in [0, 0.05) is 10.5 Å². The Hall–Kier alpha value is -1.27. The van der Waals surface area contributed by atoms with E-state index in [1.807, 2.05) is 13.8 Å². The van der Waals surface area contributed by atoms with Gasteiger partial charge in [-0.1, -0.05) is 25.1 Å². The highest BCUT2D eigenvalue weighted by Crippen LogP contribution is 2.29. The molecule has 1 N–H and O–H groups in total. The Morgan fingerprint density at radius 3 is 2.89 bits per heavy atom. The van der Waals surface area contributed by atoms with Crippen LogP contribution in [-0.4, -0.2) is 16.2 Å². The van der Waals surface area contributed by atoms with Gasteiger partial charge in [-0.05, 0) is 28.1 Å². The van der Waals surface area contributed by atoms with Gasteiger partial charge >= 0.3 is 0 Å². The van der Waals surface area contributed by atoms with Crippen molar-refractivity contribution in [2.75, 3.05) is 0 Å². The minimum Gasteiger partial charge on any atom is -0.334 e. The van der Waals surface area contributed by atoms with Crippen LogP contribution in [0.3, 0.4) is 0 Å². The number of rotatable bonds is 4. The standard InChI is InChI=1S/C12H13BrFN3O/c1-7(2)15-6-10-16-12(18-17-10)11-8(13)4-3-5-9(11)14/h3-5,7,15H,6H2,1-2H3. The molecule has 0 amide bonds. The Morgan fingerprint density at radius 1 is 1.44 bits per heavy atom. The SMILES string of the molecule is CC(C)NCc1noc(-c2c(F)cccc2Br)n1. The number of benzene rings is 1. The Labute approximate surface area is 113 Å². The van der Waals surface area contributed by atoms with E-state index in [0.29, 0.717) is 28.4 Å². The first-order chi connectivity index (χ1) is 8.58. The molecule has 0 bridgehead atoms. The monoisotopic (exact) mass is 313 g/mol. The molecule has 0 saturated carbocycles. The molecule has 0 saturated heterocycles. The minimum atomic E-state index is -0.392. The van der Waals surface area contributed by atoms with E-state index in [2.05, 4.69) is 31.4 Å². The van der Waals surface area contributed by atoms with E-state index in [0.717, 1.165) is 0 Å². The van der Waals surface area contributed by atoms with Gasteiger partial charge in [0.25, 0.3) is 5.89 Å². The van der Waals surface area contributed by atoms with Crippen LogP contribution in [0.25, 0.3) is 11.5 Å². The fourth-order valence-electron chi connectivity index (χ4n) is 1.42. The van der Waals surface area contributed by atoms with Crippen molar-refractivity contribution >= 4 is 15.9 Å². The van der Waals surface area contributed by atoms with Crippen molar-refractivity contribution in [3.63, 3.8) is 0 Å². The molecule has 0 unspecified atom stereocenters. The van der Waals surface area contributed by atoms with E-state index >= 15 is 0 Å². The summed E-state index contributed by atoms with van der Waals surface area (Å²) in [7, 11) is 0. The first-order valence-corrected chi connectivity index (χ1v) is 6.37. The highest BCUT2D eigenvalue weighted by Gasteiger charge is 2.16. The lowest BCUT2D eigenvalue weighted by Gasteiger charge is -2.03. The van der Waals surface area contributed by atoms with Crippen LogP contribution in [0.1, 0.15) is 19.7 Å². The van der Waals surface area contributed by atoms with Gasteiger partial charge in [0.1, 0.15) is 5.82 Å². The van der Waals surface area contributed by atoms with Crippen LogP contribution in [0.2, 0.25) is 0 Å². The molecule has 0 fully saturated rings. The smallest absolute Gasteiger partial charge is 0.262 e. The normalized spacial score (nSPS) is 11.2. The third-order valence-corrected chi connectivity index (χ3v) is 2.97. The topological polar surface area (TPSA) is 51.0 Å². The maximum absolute atomic E-state index is 13.7. The van der Waals surface area contributed by atoms with E-state index in [4.69, 9.17) is 4.52 Å². The second-order valence-corrected chi connectivity index (χ2v) is 5.00. The molecule has 4 nitrogen and oxygen atoms in total. The number of hydrogen-bond acceptors (Lipinski definition) is 4. The van der Waals surface area contributed by atoms with Crippen molar-refractivity contribution in [3.8, 4) is 11.5 Å². The number of hydrogen-bond donors (Lipinski definition) is 1. The highest BCUT2D eigenvalue weighted by atomic mass is 79.9. The number of aromatic nitrogens is 2. The molecule has 0 atom stereocenters. The van der Waals surface area contributed by atoms with Gasteiger partial charge in [0.05, 0.1) is 12.1 Å². The summed E-state index contributed by atoms with van der Waals surface area (Å²) in [4.78, 5) is 4.16. The van der Waals surface area contributed by atoms with Crippen molar-refractivity contribution < 1.29 is 8.91 Å². The number of nitrogens with zero attached hydrogens (tertiary/aromatic N) is 2. The molecule has 2 aromatic rings. The summed E-state index contributed by atoms with van der Waals surface area (Å²) < 4.78 is 19.4. The van der Waals surface area contributed by atoms with Crippen LogP contribution in [0.15, 0.2) is 27.2 Å². The average Bonchev–Trinajstić information content (AvgIpc) is 2.75. The average molecular weight is 314 g/mol. The Balaban J connectivity index is 2.24. The fraction of sp³-hybridized carbons (Fsp3) is 0.333. The molecule has 18 heavy (non-hydrogen) atoms. The molecular formula is C12H13BrFN3O. The van der Waals surface area contributed by atoms with Gasteiger partial charge in [0.2, 0.25) is 0 Å². The van der Waals surface area contributed by atoms with Gasteiger partial charge in [0.15, 0.2) is 5.82 Å². The van der Waals surface area contributed by atoms with E-state index < -0.39 is 5.82 Å². The molecule has 1 heterocycles. The van der Waals surface area contributed by atoms with Crippen molar-refractivity contribution in [3.05, 3.63) is 34.3 Å². The minimum absolute atomic E-state index is 0.181.